The van der Waals surface area contributed by atoms with Crippen LogP contribution in [-0.2, 0) is 13.0 Å². The summed E-state index contributed by atoms with van der Waals surface area (Å²) >= 11 is 0. The van der Waals surface area contributed by atoms with Crippen LogP contribution >= 0.6 is 0 Å². The summed E-state index contributed by atoms with van der Waals surface area (Å²) < 4.78 is 0. The molecule has 2 heterocycles. The zero-order chi connectivity index (χ0) is 14.1. The number of aromatic hydroxyl groups is 1. The Morgan fingerprint density at radius 1 is 1.20 bits per heavy atom. The van der Waals surface area contributed by atoms with Crippen molar-refractivity contribution in [2.75, 3.05) is 6.54 Å². The van der Waals surface area contributed by atoms with E-state index in [-0.39, 0.29) is 17.2 Å². The lowest BCUT2D eigenvalue weighted by Crippen LogP contribution is -2.36. The number of pyridine rings is 1. The van der Waals surface area contributed by atoms with Gasteiger partial charge < -0.3 is 15.0 Å². The third-order valence-electron chi connectivity index (χ3n) is 3.52. The number of fused-ring (bicyclic) bond motifs is 1. The van der Waals surface area contributed by atoms with E-state index in [2.05, 4.69) is 4.98 Å². The number of benzene rings is 1. The number of rotatable bonds is 1. The van der Waals surface area contributed by atoms with Crippen LogP contribution in [0.25, 0.3) is 0 Å². The number of nitrogens with one attached hydrogen (secondary N) is 1. The zero-order valence-electron chi connectivity index (χ0n) is 10.8. The molecule has 0 bridgehead atoms. The largest absolute Gasteiger partial charge is 0.508 e. The number of carbonyl (C=O) groups excluding carboxylic acids is 1. The van der Waals surface area contributed by atoms with E-state index in [0.29, 0.717) is 18.7 Å². The lowest BCUT2D eigenvalue weighted by molar-refractivity contribution is 0.0734. The van der Waals surface area contributed by atoms with Crippen LogP contribution in [0, 0.1) is 0 Å². The Bertz CT molecular complexity index is 701. The molecule has 2 aromatic rings. The summed E-state index contributed by atoms with van der Waals surface area (Å²) in [5.41, 5.74) is 2.37. The molecule has 1 aromatic heterocycles. The summed E-state index contributed by atoms with van der Waals surface area (Å²) in [4.78, 5) is 27.6. The minimum Gasteiger partial charge on any atom is -0.508 e. The molecule has 1 amide bonds. The number of hydrogen-bond acceptors (Lipinski definition) is 3. The molecule has 0 saturated heterocycles. The van der Waals surface area contributed by atoms with Gasteiger partial charge in [-0.05, 0) is 35.7 Å². The molecule has 1 aliphatic rings. The van der Waals surface area contributed by atoms with Gasteiger partial charge in [-0.1, -0.05) is 6.07 Å². The quantitative estimate of drug-likeness (QED) is 0.819. The van der Waals surface area contributed by atoms with Gasteiger partial charge in [-0.3, -0.25) is 9.59 Å². The Kier molecular flexibility index (Phi) is 3.02. The highest BCUT2D eigenvalue weighted by atomic mass is 16.3. The van der Waals surface area contributed by atoms with Crippen molar-refractivity contribution < 1.29 is 9.90 Å². The normalized spacial score (nSPS) is 13.9. The van der Waals surface area contributed by atoms with E-state index in [9.17, 15) is 14.7 Å². The maximum Gasteiger partial charge on any atom is 0.255 e. The van der Waals surface area contributed by atoms with Gasteiger partial charge in [-0.2, -0.15) is 0 Å². The molecule has 0 aliphatic carbocycles. The first-order valence-corrected chi connectivity index (χ1v) is 6.42. The molecule has 0 radical (unpaired) electrons. The number of phenols is 1. The second-order valence-electron chi connectivity index (χ2n) is 4.87. The van der Waals surface area contributed by atoms with Crippen LogP contribution < -0.4 is 5.56 Å². The second kappa shape index (κ2) is 4.85. The van der Waals surface area contributed by atoms with Crippen molar-refractivity contribution in [1.82, 2.24) is 9.88 Å². The molecule has 3 rings (SSSR count). The van der Waals surface area contributed by atoms with Crippen LogP contribution in [0.15, 0.2) is 41.3 Å². The van der Waals surface area contributed by atoms with Gasteiger partial charge in [0, 0.05) is 25.4 Å². The maximum atomic E-state index is 12.3. The molecule has 20 heavy (non-hydrogen) atoms. The van der Waals surface area contributed by atoms with Crippen molar-refractivity contribution in [2.45, 2.75) is 13.0 Å². The third kappa shape index (κ3) is 2.30. The van der Waals surface area contributed by atoms with Gasteiger partial charge in [0.25, 0.3) is 5.91 Å². The fourth-order valence-electron chi connectivity index (χ4n) is 2.44. The molecular weight excluding hydrogens is 256 g/mol. The first-order valence-electron chi connectivity index (χ1n) is 6.42. The molecule has 0 unspecified atom stereocenters. The first-order chi connectivity index (χ1) is 9.63. The monoisotopic (exact) mass is 270 g/mol. The molecule has 0 fully saturated rings. The molecule has 1 aliphatic heterocycles. The molecule has 5 heteroatoms. The van der Waals surface area contributed by atoms with Gasteiger partial charge in [0.2, 0.25) is 5.56 Å². The van der Waals surface area contributed by atoms with Crippen molar-refractivity contribution >= 4 is 5.91 Å². The van der Waals surface area contributed by atoms with E-state index in [1.165, 1.54) is 18.3 Å². The molecule has 0 saturated carbocycles. The van der Waals surface area contributed by atoms with E-state index in [0.717, 1.165) is 17.5 Å². The Labute approximate surface area is 115 Å². The number of aromatic nitrogens is 1. The molecule has 102 valence electrons. The van der Waals surface area contributed by atoms with E-state index in [4.69, 9.17) is 0 Å². The summed E-state index contributed by atoms with van der Waals surface area (Å²) in [6.07, 6.45) is 2.20. The first kappa shape index (κ1) is 12.5. The van der Waals surface area contributed by atoms with E-state index in [1.54, 1.807) is 17.0 Å². The number of H-pyrrole nitrogens is 1. The topological polar surface area (TPSA) is 73.4 Å². The highest BCUT2D eigenvalue weighted by molar-refractivity contribution is 5.94. The summed E-state index contributed by atoms with van der Waals surface area (Å²) in [5, 5.41) is 9.52. The maximum absolute atomic E-state index is 12.3. The highest BCUT2D eigenvalue weighted by Crippen LogP contribution is 2.23. The minimum atomic E-state index is -0.226. The Hall–Kier alpha value is -2.56. The van der Waals surface area contributed by atoms with Crippen LogP contribution in [0.5, 0.6) is 5.75 Å². The predicted molar refractivity (Wildman–Crippen MR) is 73.6 cm³/mol. The van der Waals surface area contributed by atoms with Crippen molar-refractivity contribution in [3.63, 3.8) is 0 Å². The lowest BCUT2D eigenvalue weighted by atomic mass is 9.99. The van der Waals surface area contributed by atoms with Gasteiger partial charge in [0.05, 0.1) is 5.56 Å². The van der Waals surface area contributed by atoms with Gasteiger partial charge in [-0.25, -0.2) is 0 Å². The highest BCUT2D eigenvalue weighted by Gasteiger charge is 2.22. The van der Waals surface area contributed by atoms with E-state index < -0.39 is 0 Å². The fourth-order valence-corrected chi connectivity index (χ4v) is 2.44. The lowest BCUT2D eigenvalue weighted by Gasteiger charge is -2.29. The second-order valence-corrected chi connectivity index (χ2v) is 4.87. The molecule has 1 aromatic carbocycles. The van der Waals surface area contributed by atoms with Crippen LogP contribution in [0.3, 0.4) is 0 Å². The van der Waals surface area contributed by atoms with Crippen LogP contribution in [0.1, 0.15) is 21.5 Å². The number of amides is 1. The number of nitrogens with zero attached hydrogens (tertiary/aromatic N) is 1. The molecule has 0 spiro atoms. The third-order valence-corrected chi connectivity index (χ3v) is 3.52. The van der Waals surface area contributed by atoms with Gasteiger partial charge >= 0.3 is 0 Å². The van der Waals surface area contributed by atoms with Crippen molar-refractivity contribution in [3.8, 4) is 5.75 Å². The Morgan fingerprint density at radius 2 is 2.05 bits per heavy atom. The Balaban J connectivity index is 1.84. The standard InChI is InChI=1S/C15H14N2O3/c18-13-3-1-10-5-6-17(9-12(10)7-13)15(20)11-2-4-14(19)16-8-11/h1-4,7-8,18H,5-6,9H2,(H,16,19). The number of aromatic amines is 1. The van der Waals surface area contributed by atoms with E-state index in [1.807, 2.05) is 6.07 Å². The number of hydrogen-bond donors (Lipinski definition) is 2. The number of phenolic OH excluding ortho intramolecular Hbond substituents is 1. The summed E-state index contributed by atoms with van der Waals surface area (Å²) in [5.74, 6) is 0.0948. The molecular formula is C15H14N2O3. The van der Waals surface area contributed by atoms with Gasteiger partial charge in [0.15, 0.2) is 0 Å². The average Bonchev–Trinajstić information content (AvgIpc) is 2.46. The summed E-state index contributed by atoms with van der Waals surface area (Å²) in [6, 6.07) is 8.13. The zero-order valence-corrected chi connectivity index (χ0v) is 10.8. The van der Waals surface area contributed by atoms with Crippen molar-refractivity contribution in [2.24, 2.45) is 0 Å². The molecule has 0 atom stereocenters. The fraction of sp³-hybridized carbons (Fsp3) is 0.200. The van der Waals surface area contributed by atoms with Gasteiger partial charge in [0.1, 0.15) is 5.75 Å². The predicted octanol–water partition coefficient (Wildman–Crippen LogP) is 1.28. The van der Waals surface area contributed by atoms with Crippen LogP contribution in [0.2, 0.25) is 0 Å². The van der Waals surface area contributed by atoms with Gasteiger partial charge in [-0.15, -0.1) is 0 Å². The molecule has 2 N–H and O–H groups in total. The average molecular weight is 270 g/mol. The molecule has 5 nitrogen and oxygen atoms in total. The minimum absolute atomic E-state index is 0.116. The smallest absolute Gasteiger partial charge is 0.255 e. The van der Waals surface area contributed by atoms with Crippen LogP contribution in [-0.4, -0.2) is 27.4 Å². The Morgan fingerprint density at radius 3 is 2.80 bits per heavy atom. The van der Waals surface area contributed by atoms with Crippen molar-refractivity contribution in [1.29, 1.82) is 0 Å². The van der Waals surface area contributed by atoms with Crippen molar-refractivity contribution in [3.05, 3.63) is 63.6 Å². The number of carbonyl (C=O) groups is 1. The van der Waals surface area contributed by atoms with Crippen LogP contribution in [0.4, 0.5) is 0 Å². The SMILES string of the molecule is O=C(c1ccc(=O)[nH]c1)N1CCc2ccc(O)cc2C1. The summed E-state index contributed by atoms with van der Waals surface area (Å²) in [6.45, 7) is 1.11. The summed E-state index contributed by atoms with van der Waals surface area (Å²) in [7, 11) is 0. The van der Waals surface area contributed by atoms with E-state index >= 15 is 0 Å².